The van der Waals surface area contributed by atoms with Gasteiger partial charge in [0, 0.05) is 0 Å². The van der Waals surface area contributed by atoms with Gasteiger partial charge in [-0.3, -0.25) is 10.2 Å². The zero-order valence-corrected chi connectivity index (χ0v) is 12.5. The summed E-state index contributed by atoms with van der Waals surface area (Å²) in [7, 11) is -3.79. The van der Waals surface area contributed by atoms with Gasteiger partial charge in [0.25, 0.3) is 5.91 Å². The Balaban J connectivity index is 2.98. The number of sulfonamides is 1. The van der Waals surface area contributed by atoms with Gasteiger partial charge in [-0.2, -0.15) is 4.72 Å². The zero-order valence-electron chi connectivity index (χ0n) is 11.6. The lowest BCUT2D eigenvalue weighted by molar-refractivity contribution is -0.122. The van der Waals surface area contributed by atoms with E-state index in [-0.39, 0.29) is 4.90 Å². The van der Waals surface area contributed by atoms with Crippen LogP contribution < -0.4 is 20.7 Å². The first-order valence-corrected chi connectivity index (χ1v) is 7.56. The molecule has 7 nitrogen and oxygen atoms in total. The molecule has 0 heterocycles. The van der Waals surface area contributed by atoms with E-state index in [1.165, 1.54) is 19.1 Å². The number of hydrogen-bond acceptors (Lipinski definition) is 5. The van der Waals surface area contributed by atoms with E-state index in [1.807, 2.05) is 12.3 Å². The van der Waals surface area contributed by atoms with Crippen molar-refractivity contribution >= 4 is 15.9 Å². The highest BCUT2D eigenvalue weighted by atomic mass is 32.2. The number of hydrazine groups is 1. The van der Waals surface area contributed by atoms with Crippen molar-refractivity contribution < 1.29 is 17.9 Å². The number of ether oxygens (including phenoxy) is 1. The summed E-state index contributed by atoms with van der Waals surface area (Å²) in [6.07, 6.45) is 0. The van der Waals surface area contributed by atoms with Crippen molar-refractivity contribution in [2.24, 2.45) is 5.84 Å². The van der Waals surface area contributed by atoms with E-state index in [4.69, 9.17) is 10.6 Å². The topological polar surface area (TPSA) is 111 Å². The van der Waals surface area contributed by atoms with Gasteiger partial charge in [-0.1, -0.05) is 0 Å². The van der Waals surface area contributed by atoms with E-state index in [0.29, 0.717) is 17.9 Å². The van der Waals surface area contributed by atoms with Crippen LogP contribution in [-0.4, -0.2) is 27.0 Å². The summed E-state index contributed by atoms with van der Waals surface area (Å²) in [6.45, 7) is 5.50. The van der Waals surface area contributed by atoms with E-state index in [9.17, 15) is 13.2 Å². The van der Waals surface area contributed by atoms with Gasteiger partial charge in [0.1, 0.15) is 5.75 Å². The first-order valence-electron chi connectivity index (χ1n) is 6.08. The number of aryl methyl sites for hydroxylation is 1. The number of benzene rings is 1. The van der Waals surface area contributed by atoms with Crippen LogP contribution in [-0.2, 0) is 14.8 Å². The van der Waals surface area contributed by atoms with Gasteiger partial charge in [-0.15, -0.1) is 0 Å². The van der Waals surface area contributed by atoms with E-state index in [2.05, 4.69) is 4.72 Å². The van der Waals surface area contributed by atoms with E-state index < -0.39 is 22.0 Å². The summed E-state index contributed by atoms with van der Waals surface area (Å²) in [5, 5.41) is 0. The van der Waals surface area contributed by atoms with Crippen LogP contribution in [0.15, 0.2) is 23.1 Å². The molecule has 4 N–H and O–H groups in total. The Bertz CT molecular complexity index is 586. The summed E-state index contributed by atoms with van der Waals surface area (Å²) in [5.74, 6) is 4.97. The monoisotopic (exact) mass is 301 g/mol. The van der Waals surface area contributed by atoms with Crippen LogP contribution in [0.5, 0.6) is 5.75 Å². The van der Waals surface area contributed by atoms with Crippen LogP contribution >= 0.6 is 0 Å². The molecule has 1 rings (SSSR count). The molecule has 0 unspecified atom stereocenters. The molecule has 1 atom stereocenters. The van der Waals surface area contributed by atoms with Gasteiger partial charge in [0.15, 0.2) is 0 Å². The number of carbonyl (C=O) groups excluding carboxylic acids is 1. The lowest BCUT2D eigenvalue weighted by Gasteiger charge is -2.14. The minimum atomic E-state index is -3.79. The first kappa shape index (κ1) is 16.4. The lowest BCUT2D eigenvalue weighted by Crippen LogP contribution is -2.47. The predicted octanol–water partition coefficient (Wildman–Crippen LogP) is 0.0504. The van der Waals surface area contributed by atoms with Crippen LogP contribution in [0.4, 0.5) is 0 Å². The molecule has 8 heteroatoms. The SMILES string of the molecule is CCOc1ccc(S(=O)(=O)N[C@H](C)C(=O)NN)cc1C. The van der Waals surface area contributed by atoms with Crippen molar-refractivity contribution in [2.75, 3.05) is 6.61 Å². The average molecular weight is 301 g/mol. The summed E-state index contributed by atoms with van der Waals surface area (Å²) in [4.78, 5) is 11.3. The average Bonchev–Trinajstić information content (AvgIpc) is 2.39. The Morgan fingerprint density at radius 2 is 2.10 bits per heavy atom. The third-order valence-corrected chi connectivity index (χ3v) is 4.16. The molecule has 0 spiro atoms. The number of amides is 1. The third-order valence-electron chi connectivity index (χ3n) is 2.62. The standard InChI is InChI=1S/C12H19N3O4S/c1-4-19-11-6-5-10(7-8(11)2)20(17,18)15-9(3)12(16)14-13/h5-7,9,15H,4,13H2,1-3H3,(H,14,16)/t9-/m1/s1. The van der Waals surface area contributed by atoms with E-state index in [1.54, 1.807) is 13.0 Å². The molecule has 0 saturated heterocycles. The largest absolute Gasteiger partial charge is 0.494 e. The number of rotatable bonds is 6. The molecule has 112 valence electrons. The maximum absolute atomic E-state index is 12.1. The van der Waals surface area contributed by atoms with E-state index in [0.717, 1.165) is 0 Å². The number of nitrogens with two attached hydrogens (primary N) is 1. The molecule has 0 radical (unpaired) electrons. The van der Waals surface area contributed by atoms with Gasteiger partial charge in [-0.05, 0) is 44.5 Å². The molecular weight excluding hydrogens is 282 g/mol. The van der Waals surface area contributed by atoms with Crippen LogP contribution in [0, 0.1) is 6.92 Å². The molecule has 0 aliphatic heterocycles. The smallest absolute Gasteiger partial charge is 0.251 e. The highest BCUT2D eigenvalue weighted by molar-refractivity contribution is 7.89. The van der Waals surface area contributed by atoms with Crippen LogP contribution in [0.1, 0.15) is 19.4 Å². The second-order valence-corrected chi connectivity index (χ2v) is 5.93. The summed E-state index contributed by atoms with van der Waals surface area (Å²) >= 11 is 0. The molecule has 0 aliphatic carbocycles. The van der Waals surface area contributed by atoms with Crippen LogP contribution in [0.25, 0.3) is 0 Å². The van der Waals surface area contributed by atoms with E-state index >= 15 is 0 Å². The molecule has 0 fully saturated rings. The molecule has 20 heavy (non-hydrogen) atoms. The van der Waals surface area contributed by atoms with Crippen molar-refractivity contribution in [3.05, 3.63) is 23.8 Å². The lowest BCUT2D eigenvalue weighted by atomic mass is 10.2. The highest BCUT2D eigenvalue weighted by Crippen LogP contribution is 2.21. The highest BCUT2D eigenvalue weighted by Gasteiger charge is 2.22. The summed E-state index contributed by atoms with van der Waals surface area (Å²) < 4.78 is 31.8. The molecule has 1 amide bonds. The second kappa shape index (κ2) is 6.69. The predicted molar refractivity (Wildman–Crippen MR) is 74.5 cm³/mol. The second-order valence-electron chi connectivity index (χ2n) is 4.21. The van der Waals surface area contributed by atoms with Crippen LogP contribution in [0.2, 0.25) is 0 Å². The molecule has 0 aliphatic rings. The van der Waals surface area contributed by atoms with Gasteiger partial charge in [-0.25, -0.2) is 14.3 Å². The Hall–Kier alpha value is -1.64. The third kappa shape index (κ3) is 3.92. The number of carbonyl (C=O) groups is 1. The fourth-order valence-electron chi connectivity index (χ4n) is 1.59. The normalized spacial score (nSPS) is 12.8. The van der Waals surface area contributed by atoms with Gasteiger partial charge in [0.2, 0.25) is 10.0 Å². The van der Waals surface area contributed by atoms with Gasteiger partial charge >= 0.3 is 0 Å². The molecule has 1 aromatic rings. The number of nitrogens with one attached hydrogen (secondary N) is 2. The van der Waals surface area contributed by atoms with Crippen molar-refractivity contribution in [1.82, 2.24) is 10.1 Å². The molecule has 0 aromatic heterocycles. The number of hydrogen-bond donors (Lipinski definition) is 3. The fourth-order valence-corrected chi connectivity index (χ4v) is 2.87. The van der Waals surface area contributed by atoms with Crippen LogP contribution in [0.3, 0.4) is 0 Å². The van der Waals surface area contributed by atoms with Gasteiger partial charge < -0.3 is 4.74 Å². The van der Waals surface area contributed by atoms with Crippen molar-refractivity contribution in [3.63, 3.8) is 0 Å². The Labute approximate surface area is 118 Å². The molecular formula is C12H19N3O4S. The maximum Gasteiger partial charge on any atom is 0.251 e. The van der Waals surface area contributed by atoms with Crippen molar-refractivity contribution in [3.8, 4) is 5.75 Å². The fraction of sp³-hybridized carbons (Fsp3) is 0.417. The Kier molecular flexibility index (Phi) is 5.49. The quantitative estimate of drug-likeness (QED) is 0.391. The Morgan fingerprint density at radius 1 is 1.45 bits per heavy atom. The maximum atomic E-state index is 12.1. The first-order chi connectivity index (χ1) is 9.31. The summed E-state index contributed by atoms with van der Waals surface area (Å²) in [6, 6.07) is 3.53. The van der Waals surface area contributed by atoms with Crippen molar-refractivity contribution in [2.45, 2.75) is 31.7 Å². The minimum absolute atomic E-state index is 0.0649. The minimum Gasteiger partial charge on any atom is -0.494 e. The van der Waals surface area contributed by atoms with Crippen molar-refractivity contribution in [1.29, 1.82) is 0 Å². The molecule has 0 saturated carbocycles. The Morgan fingerprint density at radius 3 is 2.60 bits per heavy atom. The molecule has 0 bridgehead atoms. The van der Waals surface area contributed by atoms with Gasteiger partial charge in [0.05, 0.1) is 17.5 Å². The zero-order chi connectivity index (χ0) is 15.3. The molecule has 1 aromatic carbocycles. The summed E-state index contributed by atoms with van der Waals surface area (Å²) in [5.41, 5.74) is 2.59.